The van der Waals surface area contributed by atoms with Gasteiger partial charge in [-0.2, -0.15) is 0 Å². The average molecular weight is 306 g/mol. The summed E-state index contributed by atoms with van der Waals surface area (Å²) in [6, 6.07) is 0. The lowest BCUT2D eigenvalue weighted by molar-refractivity contribution is -0.111. The predicted molar refractivity (Wildman–Crippen MR) is 69.5 cm³/mol. The van der Waals surface area contributed by atoms with Crippen molar-refractivity contribution in [1.29, 1.82) is 0 Å². The zero-order chi connectivity index (χ0) is 13.4. The van der Waals surface area contributed by atoms with Crippen molar-refractivity contribution < 1.29 is 14.6 Å². The fourth-order valence-corrected chi connectivity index (χ4v) is 2.97. The monoisotopic (exact) mass is 304 g/mol. The zero-order valence-corrected chi connectivity index (χ0v) is 12.7. The summed E-state index contributed by atoms with van der Waals surface area (Å²) in [5.41, 5.74) is -0.0708. The average Bonchev–Trinajstić information content (AvgIpc) is 2.74. The van der Waals surface area contributed by atoms with Crippen molar-refractivity contribution in [1.82, 2.24) is 0 Å². The van der Waals surface area contributed by atoms with Gasteiger partial charge in [-0.25, -0.2) is 0 Å². The van der Waals surface area contributed by atoms with E-state index < -0.39 is 9.90 Å². The minimum Gasteiger partial charge on any atom is -0.388 e. The molecule has 1 rings (SSSR count). The maximum atomic E-state index is 10.0. The molecule has 0 spiro atoms. The van der Waals surface area contributed by atoms with Crippen LogP contribution in [-0.2, 0) is 9.47 Å². The number of hydrogen-bond donors (Lipinski definition) is 1. The Kier molecular flexibility index (Phi) is 5.02. The van der Waals surface area contributed by atoms with Gasteiger partial charge in [0.25, 0.3) is 0 Å². The second-order valence-electron chi connectivity index (χ2n) is 5.08. The summed E-state index contributed by atoms with van der Waals surface area (Å²) in [5, 5.41) is 10.0. The van der Waals surface area contributed by atoms with E-state index in [2.05, 4.69) is 0 Å². The van der Waals surface area contributed by atoms with Crippen LogP contribution in [0.2, 0.25) is 0 Å². The lowest BCUT2D eigenvalue weighted by atomic mass is 10.1. The highest BCUT2D eigenvalue weighted by molar-refractivity contribution is 6.68. The molecular weight excluding hydrogens is 286 g/mol. The van der Waals surface area contributed by atoms with Gasteiger partial charge in [-0.3, -0.25) is 0 Å². The van der Waals surface area contributed by atoms with E-state index in [0.29, 0.717) is 6.42 Å². The molecule has 0 amide bonds. The van der Waals surface area contributed by atoms with E-state index in [1.165, 1.54) is 0 Å². The molecule has 0 aromatic carbocycles. The Morgan fingerprint density at radius 1 is 1.24 bits per heavy atom. The molecule has 3 atom stereocenters. The number of halogens is 3. The number of hydrogen-bond acceptors (Lipinski definition) is 3. The van der Waals surface area contributed by atoms with Crippen LogP contribution in [0.1, 0.15) is 20.3 Å². The van der Waals surface area contributed by atoms with E-state index in [-0.39, 0.29) is 23.5 Å². The topological polar surface area (TPSA) is 38.7 Å². The molecular formula is C11H19Cl3O3. The van der Waals surface area contributed by atoms with Gasteiger partial charge in [0, 0.05) is 20.6 Å². The molecule has 3 unspecified atom stereocenters. The molecule has 0 aliphatic heterocycles. The van der Waals surface area contributed by atoms with Gasteiger partial charge in [0.05, 0.1) is 0 Å². The maximum Gasteiger partial charge on any atom is 0.216 e. The second-order valence-corrected chi connectivity index (χ2v) is 7.45. The van der Waals surface area contributed by atoms with E-state index in [4.69, 9.17) is 44.3 Å². The first-order chi connectivity index (χ1) is 7.66. The van der Waals surface area contributed by atoms with Gasteiger partial charge in [-0.05, 0) is 17.3 Å². The highest BCUT2D eigenvalue weighted by atomic mass is 35.6. The van der Waals surface area contributed by atoms with E-state index >= 15 is 0 Å². The van der Waals surface area contributed by atoms with Crippen LogP contribution in [0.3, 0.4) is 0 Å². The Bertz CT molecular complexity index is 261. The first-order valence-corrected chi connectivity index (χ1v) is 6.60. The summed E-state index contributed by atoms with van der Waals surface area (Å²) >= 11 is 17.2. The van der Waals surface area contributed by atoms with Crippen molar-refractivity contribution in [3.8, 4) is 0 Å². The summed E-state index contributed by atoms with van der Waals surface area (Å²) in [6.45, 7) is 4.09. The molecule has 17 heavy (non-hydrogen) atoms. The normalized spacial score (nSPS) is 29.5. The van der Waals surface area contributed by atoms with Crippen LogP contribution in [0, 0.1) is 17.3 Å². The first kappa shape index (κ1) is 15.8. The van der Waals surface area contributed by atoms with Crippen LogP contribution in [0.5, 0.6) is 0 Å². The van der Waals surface area contributed by atoms with Crippen LogP contribution in [0.25, 0.3) is 0 Å². The van der Waals surface area contributed by atoms with Gasteiger partial charge in [-0.15, -0.1) is 0 Å². The van der Waals surface area contributed by atoms with Crippen LogP contribution in [0.15, 0.2) is 0 Å². The summed E-state index contributed by atoms with van der Waals surface area (Å²) in [5.74, 6) is 0.167. The predicted octanol–water partition coefficient (Wildman–Crippen LogP) is 3.00. The molecule has 1 N–H and O–H groups in total. The van der Waals surface area contributed by atoms with Crippen LogP contribution >= 0.6 is 34.8 Å². The van der Waals surface area contributed by atoms with E-state index in [0.717, 1.165) is 0 Å². The number of aliphatic hydroxyl groups is 1. The standard InChI is InChI=1S/C11H19Cl3O3/c1-10(2)6(5-7(16-3)17-4)8(10)9(15)11(12,13)14/h6-9,15H,5H2,1-4H3. The second kappa shape index (κ2) is 5.40. The Morgan fingerprint density at radius 3 is 2.06 bits per heavy atom. The molecule has 102 valence electrons. The SMILES string of the molecule is COC(CC1C(C(O)C(Cl)(Cl)Cl)C1(C)C)OC. The summed E-state index contributed by atoms with van der Waals surface area (Å²) in [7, 11) is 3.17. The molecule has 6 heteroatoms. The highest BCUT2D eigenvalue weighted by Crippen LogP contribution is 2.64. The first-order valence-electron chi connectivity index (χ1n) is 5.46. The third-order valence-corrected chi connectivity index (χ3v) is 4.46. The van der Waals surface area contributed by atoms with E-state index in [1.807, 2.05) is 13.8 Å². The molecule has 0 bridgehead atoms. The molecule has 0 aromatic heterocycles. The van der Waals surface area contributed by atoms with Gasteiger partial charge in [0.15, 0.2) is 6.29 Å². The molecule has 1 aliphatic carbocycles. The van der Waals surface area contributed by atoms with Crippen molar-refractivity contribution in [2.45, 2.75) is 36.5 Å². The van der Waals surface area contributed by atoms with E-state index in [1.54, 1.807) is 14.2 Å². The maximum absolute atomic E-state index is 10.0. The zero-order valence-electron chi connectivity index (χ0n) is 10.4. The number of rotatable bonds is 5. The van der Waals surface area contributed by atoms with Gasteiger partial charge >= 0.3 is 0 Å². The quantitative estimate of drug-likeness (QED) is 0.627. The molecule has 0 aromatic rings. The van der Waals surface area contributed by atoms with Gasteiger partial charge in [0.1, 0.15) is 6.10 Å². The molecule has 0 radical (unpaired) electrons. The third kappa shape index (κ3) is 3.40. The number of methoxy groups -OCH3 is 2. The number of ether oxygens (including phenoxy) is 2. The van der Waals surface area contributed by atoms with Crippen LogP contribution < -0.4 is 0 Å². The third-order valence-electron chi connectivity index (χ3n) is 3.79. The minimum absolute atomic E-state index is 0.0530. The number of alkyl halides is 3. The lowest BCUT2D eigenvalue weighted by Gasteiger charge is -2.20. The highest BCUT2D eigenvalue weighted by Gasteiger charge is 2.64. The molecule has 1 fully saturated rings. The van der Waals surface area contributed by atoms with Gasteiger partial charge in [0.2, 0.25) is 3.79 Å². The van der Waals surface area contributed by atoms with Gasteiger partial charge in [-0.1, -0.05) is 48.7 Å². The Hall–Kier alpha value is 0.750. The van der Waals surface area contributed by atoms with Crippen molar-refractivity contribution in [3.05, 3.63) is 0 Å². The molecule has 1 saturated carbocycles. The summed E-state index contributed by atoms with van der Waals surface area (Å²) in [6.07, 6.45) is -0.573. The fraction of sp³-hybridized carbons (Fsp3) is 1.00. The lowest BCUT2D eigenvalue weighted by Crippen LogP contribution is -2.29. The number of aliphatic hydroxyl groups excluding tert-OH is 1. The van der Waals surface area contributed by atoms with E-state index in [9.17, 15) is 5.11 Å². The molecule has 1 aliphatic rings. The van der Waals surface area contributed by atoms with Crippen molar-refractivity contribution in [2.24, 2.45) is 17.3 Å². The molecule has 0 saturated heterocycles. The van der Waals surface area contributed by atoms with Crippen molar-refractivity contribution >= 4 is 34.8 Å². The minimum atomic E-state index is -1.65. The summed E-state index contributed by atoms with van der Waals surface area (Å²) in [4.78, 5) is 0. The fourth-order valence-electron chi connectivity index (χ4n) is 2.56. The smallest absolute Gasteiger partial charge is 0.216 e. The Morgan fingerprint density at radius 2 is 1.71 bits per heavy atom. The van der Waals surface area contributed by atoms with Crippen LogP contribution in [-0.4, -0.2) is 35.5 Å². The van der Waals surface area contributed by atoms with Gasteiger partial charge < -0.3 is 14.6 Å². The summed E-state index contributed by atoms with van der Waals surface area (Å²) < 4.78 is 8.66. The largest absolute Gasteiger partial charge is 0.388 e. The van der Waals surface area contributed by atoms with Crippen molar-refractivity contribution in [2.75, 3.05) is 14.2 Å². The molecule has 3 nitrogen and oxygen atoms in total. The Balaban J connectivity index is 2.65. The molecule has 0 heterocycles. The van der Waals surface area contributed by atoms with Crippen molar-refractivity contribution in [3.63, 3.8) is 0 Å². The Labute approximate surface area is 117 Å². The van der Waals surface area contributed by atoms with Crippen LogP contribution in [0.4, 0.5) is 0 Å².